The lowest BCUT2D eigenvalue weighted by Crippen LogP contribution is -2.39. The highest BCUT2D eigenvalue weighted by Crippen LogP contribution is 2.17. The van der Waals surface area contributed by atoms with Crippen molar-refractivity contribution in [2.45, 2.75) is 71.4 Å². The van der Waals surface area contributed by atoms with Crippen LogP contribution in [0.25, 0.3) is 0 Å². The van der Waals surface area contributed by atoms with Gasteiger partial charge in [0.15, 0.2) is 0 Å². The highest BCUT2D eigenvalue weighted by Gasteiger charge is 2.19. The summed E-state index contributed by atoms with van der Waals surface area (Å²) in [4.78, 5) is 0. The van der Waals surface area contributed by atoms with Gasteiger partial charge in [0.2, 0.25) is 0 Å². The molecule has 0 radical (unpaired) electrons. The van der Waals surface area contributed by atoms with Crippen LogP contribution in [0.2, 0.25) is 0 Å². The molecule has 16 heavy (non-hydrogen) atoms. The summed E-state index contributed by atoms with van der Waals surface area (Å²) >= 11 is 0. The molecule has 1 N–H and O–H groups in total. The summed E-state index contributed by atoms with van der Waals surface area (Å²) in [6.45, 7) is 8.91. The number of rotatable bonds is 7. The number of nitrogens with one attached hydrogen (secondary N) is 1. The summed E-state index contributed by atoms with van der Waals surface area (Å²) in [6, 6.07) is 0.634. The Hall–Kier alpha value is -0.0800. The van der Waals surface area contributed by atoms with E-state index in [2.05, 4.69) is 26.1 Å². The van der Waals surface area contributed by atoms with Crippen molar-refractivity contribution in [3.05, 3.63) is 0 Å². The van der Waals surface area contributed by atoms with Crippen LogP contribution in [0.15, 0.2) is 0 Å². The van der Waals surface area contributed by atoms with Crippen molar-refractivity contribution in [3.63, 3.8) is 0 Å². The Balaban J connectivity index is 2.15. The molecule has 2 heteroatoms. The molecule has 0 aromatic rings. The molecule has 0 saturated carbocycles. The molecule has 0 aromatic carbocycles. The van der Waals surface area contributed by atoms with Crippen LogP contribution in [0, 0.1) is 5.92 Å². The normalized spacial score (nSPS) is 27.9. The molecule has 96 valence electrons. The average molecular weight is 227 g/mol. The molecule has 2 nitrogen and oxygen atoms in total. The lowest BCUT2D eigenvalue weighted by molar-refractivity contribution is 0.00167. The molecule has 0 bridgehead atoms. The largest absolute Gasteiger partial charge is 0.378 e. The number of ether oxygens (including phenoxy) is 1. The van der Waals surface area contributed by atoms with E-state index in [1.165, 1.54) is 38.5 Å². The van der Waals surface area contributed by atoms with Crippen LogP contribution in [-0.4, -0.2) is 25.3 Å². The molecule has 1 heterocycles. The van der Waals surface area contributed by atoms with Gasteiger partial charge < -0.3 is 10.1 Å². The highest BCUT2D eigenvalue weighted by atomic mass is 16.5. The molecule has 1 saturated heterocycles. The van der Waals surface area contributed by atoms with E-state index in [0.29, 0.717) is 12.1 Å². The van der Waals surface area contributed by atoms with E-state index in [-0.39, 0.29) is 0 Å². The first kappa shape index (κ1) is 14.0. The van der Waals surface area contributed by atoms with Crippen molar-refractivity contribution in [1.29, 1.82) is 0 Å². The van der Waals surface area contributed by atoms with Crippen molar-refractivity contribution in [2.75, 3.05) is 13.2 Å². The second-order valence-electron chi connectivity index (χ2n) is 5.25. The molecular formula is C14H29NO. The minimum Gasteiger partial charge on any atom is -0.378 e. The van der Waals surface area contributed by atoms with Crippen LogP contribution >= 0.6 is 0 Å². The van der Waals surface area contributed by atoms with Crippen molar-refractivity contribution in [1.82, 2.24) is 5.32 Å². The second kappa shape index (κ2) is 8.08. The smallest absolute Gasteiger partial charge is 0.0602 e. The Bertz CT molecular complexity index is 172. The Morgan fingerprint density at radius 2 is 2.19 bits per heavy atom. The fraction of sp³-hybridized carbons (Fsp3) is 1.00. The van der Waals surface area contributed by atoms with Crippen LogP contribution in [0.4, 0.5) is 0 Å². The topological polar surface area (TPSA) is 21.3 Å². The van der Waals surface area contributed by atoms with Gasteiger partial charge >= 0.3 is 0 Å². The van der Waals surface area contributed by atoms with Gasteiger partial charge in [-0.25, -0.2) is 0 Å². The van der Waals surface area contributed by atoms with Gasteiger partial charge in [-0.1, -0.05) is 33.1 Å². The second-order valence-corrected chi connectivity index (χ2v) is 5.25. The molecule has 0 spiro atoms. The summed E-state index contributed by atoms with van der Waals surface area (Å²) in [7, 11) is 0. The maximum Gasteiger partial charge on any atom is 0.0602 e. The minimum atomic E-state index is 0.506. The number of hydrogen-bond donors (Lipinski definition) is 1. The SMILES string of the molecule is CCCCC(CC)COC1CCNC(C)C1. The maximum atomic E-state index is 6.06. The number of piperidine rings is 1. The zero-order valence-electron chi connectivity index (χ0n) is 11.3. The summed E-state index contributed by atoms with van der Waals surface area (Å²) in [5.74, 6) is 0.783. The van der Waals surface area contributed by atoms with Crippen LogP contribution in [-0.2, 0) is 4.74 Å². The van der Waals surface area contributed by atoms with Gasteiger partial charge in [-0.2, -0.15) is 0 Å². The quantitative estimate of drug-likeness (QED) is 0.720. The third kappa shape index (κ3) is 5.31. The minimum absolute atomic E-state index is 0.506. The summed E-state index contributed by atoms with van der Waals surface area (Å²) in [5, 5.41) is 3.47. The van der Waals surface area contributed by atoms with Crippen LogP contribution in [0.5, 0.6) is 0 Å². The highest BCUT2D eigenvalue weighted by molar-refractivity contribution is 4.75. The molecule has 1 fully saturated rings. The molecule has 0 aliphatic carbocycles. The molecule has 3 atom stereocenters. The fourth-order valence-corrected chi connectivity index (χ4v) is 2.41. The monoisotopic (exact) mass is 227 g/mol. The van der Waals surface area contributed by atoms with Gasteiger partial charge in [-0.3, -0.25) is 0 Å². The van der Waals surface area contributed by atoms with E-state index in [9.17, 15) is 0 Å². The first-order valence-electron chi connectivity index (χ1n) is 7.11. The van der Waals surface area contributed by atoms with Gasteiger partial charge in [0.05, 0.1) is 6.10 Å². The number of unbranched alkanes of at least 4 members (excludes halogenated alkanes) is 1. The van der Waals surface area contributed by atoms with E-state index in [4.69, 9.17) is 4.74 Å². The van der Waals surface area contributed by atoms with E-state index in [0.717, 1.165) is 19.1 Å². The lowest BCUT2D eigenvalue weighted by Gasteiger charge is -2.29. The molecule has 1 rings (SSSR count). The van der Waals surface area contributed by atoms with Gasteiger partial charge in [0.1, 0.15) is 0 Å². The Kier molecular flexibility index (Phi) is 7.06. The molecule has 1 aliphatic rings. The van der Waals surface area contributed by atoms with E-state index in [1.807, 2.05) is 0 Å². The van der Waals surface area contributed by atoms with Crippen LogP contribution in [0.3, 0.4) is 0 Å². The van der Waals surface area contributed by atoms with Gasteiger partial charge in [-0.15, -0.1) is 0 Å². The average Bonchev–Trinajstić information content (AvgIpc) is 2.29. The number of hydrogen-bond acceptors (Lipinski definition) is 2. The zero-order valence-corrected chi connectivity index (χ0v) is 11.3. The standard InChI is InChI=1S/C14H29NO/c1-4-6-7-13(5-2)11-16-14-8-9-15-12(3)10-14/h12-15H,4-11H2,1-3H3. The third-order valence-electron chi connectivity index (χ3n) is 3.69. The maximum absolute atomic E-state index is 6.06. The fourth-order valence-electron chi connectivity index (χ4n) is 2.41. The summed E-state index contributed by atoms with van der Waals surface area (Å²) in [5.41, 5.74) is 0. The van der Waals surface area contributed by atoms with Gasteiger partial charge in [0, 0.05) is 12.6 Å². The van der Waals surface area contributed by atoms with Crippen molar-refractivity contribution < 1.29 is 4.74 Å². The molecule has 1 aliphatic heterocycles. The predicted molar refractivity (Wildman–Crippen MR) is 69.7 cm³/mol. The van der Waals surface area contributed by atoms with E-state index in [1.54, 1.807) is 0 Å². The third-order valence-corrected chi connectivity index (χ3v) is 3.69. The van der Waals surface area contributed by atoms with Gasteiger partial charge in [-0.05, 0) is 38.6 Å². The van der Waals surface area contributed by atoms with E-state index < -0.39 is 0 Å². The summed E-state index contributed by atoms with van der Waals surface area (Å²) < 4.78 is 6.06. The predicted octanol–water partition coefficient (Wildman–Crippen LogP) is 3.36. The molecule has 3 unspecified atom stereocenters. The van der Waals surface area contributed by atoms with Crippen molar-refractivity contribution in [2.24, 2.45) is 5.92 Å². The molecule has 0 aromatic heterocycles. The lowest BCUT2D eigenvalue weighted by atomic mass is 9.99. The molecular weight excluding hydrogens is 198 g/mol. The zero-order chi connectivity index (χ0) is 11.8. The Morgan fingerprint density at radius 1 is 1.38 bits per heavy atom. The first-order chi connectivity index (χ1) is 7.76. The van der Waals surface area contributed by atoms with Crippen molar-refractivity contribution in [3.8, 4) is 0 Å². The van der Waals surface area contributed by atoms with Crippen molar-refractivity contribution >= 4 is 0 Å². The Labute approximate surface area is 101 Å². The van der Waals surface area contributed by atoms with Crippen LogP contribution < -0.4 is 5.32 Å². The van der Waals surface area contributed by atoms with Crippen LogP contribution in [0.1, 0.15) is 59.3 Å². The first-order valence-corrected chi connectivity index (χ1v) is 7.11. The van der Waals surface area contributed by atoms with E-state index >= 15 is 0 Å². The molecule has 0 amide bonds. The van der Waals surface area contributed by atoms with Gasteiger partial charge in [0.25, 0.3) is 0 Å². The Morgan fingerprint density at radius 3 is 2.81 bits per heavy atom. The summed E-state index contributed by atoms with van der Waals surface area (Å²) in [6.07, 6.45) is 8.14.